The van der Waals surface area contributed by atoms with E-state index in [2.05, 4.69) is 5.32 Å². The van der Waals surface area contributed by atoms with Crippen molar-refractivity contribution >= 4 is 15.7 Å². The van der Waals surface area contributed by atoms with Crippen molar-refractivity contribution in [3.8, 4) is 0 Å². The first kappa shape index (κ1) is 15.7. The topological polar surface area (TPSA) is 83.5 Å². The van der Waals surface area contributed by atoms with Crippen LogP contribution >= 0.6 is 0 Å². The Morgan fingerprint density at radius 1 is 1.32 bits per heavy atom. The molecule has 0 bridgehead atoms. The highest BCUT2D eigenvalue weighted by molar-refractivity contribution is 7.90. The Bertz CT molecular complexity index is 522. The highest BCUT2D eigenvalue weighted by Crippen LogP contribution is 2.10. The van der Waals surface area contributed by atoms with Crippen LogP contribution in [0.25, 0.3) is 0 Å². The molecule has 6 heteroatoms. The minimum Gasteiger partial charge on any atom is -0.393 e. The largest absolute Gasteiger partial charge is 0.393 e. The molecule has 0 spiro atoms. The number of amides is 1. The minimum atomic E-state index is -3.24. The molecule has 0 aliphatic rings. The monoisotopic (exact) mass is 285 g/mol. The van der Waals surface area contributed by atoms with Crippen LogP contribution in [0.3, 0.4) is 0 Å². The predicted molar refractivity (Wildman–Crippen MR) is 72.8 cm³/mol. The van der Waals surface area contributed by atoms with Gasteiger partial charge in [0.2, 0.25) is 0 Å². The summed E-state index contributed by atoms with van der Waals surface area (Å²) >= 11 is 0. The normalized spacial score (nSPS) is 13.0. The number of hydrogen-bond donors (Lipinski definition) is 2. The van der Waals surface area contributed by atoms with Crippen LogP contribution in [0.5, 0.6) is 0 Å². The first-order chi connectivity index (χ1) is 8.84. The van der Waals surface area contributed by atoms with E-state index in [0.29, 0.717) is 24.9 Å². The van der Waals surface area contributed by atoms with Crippen molar-refractivity contribution in [2.75, 3.05) is 12.8 Å². The Hall–Kier alpha value is -1.40. The minimum absolute atomic E-state index is 0.186. The maximum Gasteiger partial charge on any atom is 0.251 e. The summed E-state index contributed by atoms with van der Waals surface area (Å²) < 4.78 is 22.5. The number of carbonyl (C=O) groups excluding carboxylic acids is 1. The summed E-state index contributed by atoms with van der Waals surface area (Å²) in [5, 5.41) is 12.0. The third-order valence-corrected chi connectivity index (χ3v) is 3.91. The number of aliphatic hydroxyl groups excluding tert-OH is 1. The summed E-state index contributed by atoms with van der Waals surface area (Å²) in [5.41, 5.74) is 0.401. The SMILES string of the molecule is CCC(O)CCNC(=O)c1ccc(S(C)(=O)=O)cc1. The van der Waals surface area contributed by atoms with Crippen molar-refractivity contribution in [3.05, 3.63) is 29.8 Å². The first-order valence-electron chi connectivity index (χ1n) is 6.11. The lowest BCUT2D eigenvalue weighted by Crippen LogP contribution is -2.27. The third-order valence-electron chi connectivity index (χ3n) is 2.78. The molecule has 2 N–H and O–H groups in total. The molecule has 1 aromatic carbocycles. The van der Waals surface area contributed by atoms with Crippen molar-refractivity contribution in [2.45, 2.75) is 30.8 Å². The van der Waals surface area contributed by atoms with Crippen molar-refractivity contribution in [2.24, 2.45) is 0 Å². The van der Waals surface area contributed by atoms with Gasteiger partial charge in [-0.1, -0.05) is 6.92 Å². The number of nitrogens with one attached hydrogen (secondary N) is 1. The molecule has 0 aliphatic carbocycles. The smallest absolute Gasteiger partial charge is 0.251 e. The fraction of sp³-hybridized carbons (Fsp3) is 0.462. The second kappa shape index (κ2) is 6.68. The number of aliphatic hydroxyl groups is 1. The molecule has 0 heterocycles. The molecule has 1 atom stereocenters. The fourth-order valence-corrected chi connectivity index (χ4v) is 2.14. The van der Waals surface area contributed by atoms with Crippen LogP contribution in [0.2, 0.25) is 0 Å². The van der Waals surface area contributed by atoms with Crippen LogP contribution in [0.4, 0.5) is 0 Å². The Kier molecular flexibility index (Phi) is 5.50. The second-order valence-corrected chi connectivity index (χ2v) is 6.42. The Morgan fingerprint density at radius 2 is 1.89 bits per heavy atom. The molecule has 1 amide bonds. The van der Waals surface area contributed by atoms with Gasteiger partial charge in [-0.15, -0.1) is 0 Å². The van der Waals surface area contributed by atoms with Gasteiger partial charge in [-0.3, -0.25) is 4.79 Å². The summed E-state index contributed by atoms with van der Waals surface area (Å²) in [6, 6.07) is 5.76. The number of hydrogen-bond acceptors (Lipinski definition) is 4. The van der Waals surface area contributed by atoms with E-state index in [4.69, 9.17) is 0 Å². The molecule has 0 aromatic heterocycles. The quantitative estimate of drug-likeness (QED) is 0.816. The average molecular weight is 285 g/mol. The molecule has 0 aliphatic heterocycles. The van der Waals surface area contributed by atoms with E-state index in [1.807, 2.05) is 6.92 Å². The highest BCUT2D eigenvalue weighted by atomic mass is 32.2. The van der Waals surface area contributed by atoms with Crippen molar-refractivity contribution in [1.29, 1.82) is 0 Å². The van der Waals surface area contributed by atoms with E-state index in [-0.39, 0.29) is 10.8 Å². The molecule has 0 radical (unpaired) electrons. The van der Waals surface area contributed by atoms with Crippen LogP contribution in [0, 0.1) is 0 Å². The molecule has 1 aromatic rings. The standard InChI is InChI=1S/C13H19NO4S/c1-3-11(15)8-9-14-13(16)10-4-6-12(7-5-10)19(2,17)18/h4-7,11,15H,3,8-9H2,1-2H3,(H,14,16). The maximum absolute atomic E-state index is 11.7. The van der Waals surface area contributed by atoms with E-state index in [1.54, 1.807) is 0 Å². The van der Waals surface area contributed by atoms with Gasteiger partial charge in [0.25, 0.3) is 5.91 Å². The van der Waals surface area contributed by atoms with Gasteiger partial charge < -0.3 is 10.4 Å². The second-order valence-electron chi connectivity index (χ2n) is 4.40. The molecule has 0 fully saturated rings. The molecule has 1 rings (SSSR count). The summed E-state index contributed by atoms with van der Waals surface area (Å²) in [4.78, 5) is 11.9. The first-order valence-corrected chi connectivity index (χ1v) is 8.00. The summed E-state index contributed by atoms with van der Waals surface area (Å²) in [6.45, 7) is 2.26. The number of rotatable bonds is 6. The van der Waals surface area contributed by atoms with Gasteiger partial charge >= 0.3 is 0 Å². The Balaban J connectivity index is 2.59. The Morgan fingerprint density at radius 3 is 2.37 bits per heavy atom. The molecular formula is C13H19NO4S. The van der Waals surface area contributed by atoms with Gasteiger partial charge in [-0.25, -0.2) is 8.42 Å². The predicted octanol–water partition coefficient (Wildman–Crippen LogP) is 0.981. The van der Waals surface area contributed by atoms with Gasteiger partial charge in [0.05, 0.1) is 11.0 Å². The van der Waals surface area contributed by atoms with E-state index in [9.17, 15) is 18.3 Å². The van der Waals surface area contributed by atoms with E-state index < -0.39 is 15.9 Å². The van der Waals surface area contributed by atoms with Gasteiger partial charge in [0.15, 0.2) is 9.84 Å². The zero-order valence-corrected chi connectivity index (χ0v) is 11.9. The van der Waals surface area contributed by atoms with Crippen LogP contribution < -0.4 is 5.32 Å². The lowest BCUT2D eigenvalue weighted by Gasteiger charge is -2.09. The lowest BCUT2D eigenvalue weighted by atomic mass is 10.2. The zero-order chi connectivity index (χ0) is 14.5. The lowest BCUT2D eigenvalue weighted by molar-refractivity contribution is 0.0942. The zero-order valence-electron chi connectivity index (χ0n) is 11.1. The van der Waals surface area contributed by atoms with Crippen molar-refractivity contribution < 1.29 is 18.3 Å². The maximum atomic E-state index is 11.7. The van der Waals surface area contributed by atoms with Gasteiger partial charge in [-0.05, 0) is 37.1 Å². The van der Waals surface area contributed by atoms with Gasteiger partial charge in [0.1, 0.15) is 0 Å². The van der Waals surface area contributed by atoms with Crippen LogP contribution in [0.15, 0.2) is 29.2 Å². The molecule has 19 heavy (non-hydrogen) atoms. The molecule has 0 saturated carbocycles. The third kappa shape index (κ3) is 5.00. The summed E-state index contributed by atoms with van der Waals surface area (Å²) in [7, 11) is -3.24. The Labute approximate surface area is 113 Å². The molecule has 5 nitrogen and oxygen atoms in total. The summed E-state index contributed by atoms with van der Waals surface area (Å²) in [5.74, 6) is -0.275. The molecule has 1 unspecified atom stereocenters. The highest BCUT2D eigenvalue weighted by Gasteiger charge is 2.10. The molecule has 0 saturated heterocycles. The average Bonchev–Trinajstić information content (AvgIpc) is 2.37. The van der Waals surface area contributed by atoms with E-state index in [1.165, 1.54) is 24.3 Å². The molecule has 106 valence electrons. The van der Waals surface area contributed by atoms with Gasteiger partial charge in [0, 0.05) is 18.4 Å². The van der Waals surface area contributed by atoms with E-state index >= 15 is 0 Å². The number of benzene rings is 1. The van der Waals surface area contributed by atoms with Crippen molar-refractivity contribution in [3.63, 3.8) is 0 Å². The van der Waals surface area contributed by atoms with E-state index in [0.717, 1.165) is 6.26 Å². The number of carbonyl (C=O) groups is 1. The van der Waals surface area contributed by atoms with Crippen molar-refractivity contribution in [1.82, 2.24) is 5.32 Å². The fourth-order valence-electron chi connectivity index (χ4n) is 1.51. The van der Waals surface area contributed by atoms with Crippen LogP contribution in [0.1, 0.15) is 30.1 Å². The van der Waals surface area contributed by atoms with Crippen LogP contribution in [-0.2, 0) is 9.84 Å². The van der Waals surface area contributed by atoms with Gasteiger partial charge in [-0.2, -0.15) is 0 Å². The summed E-state index contributed by atoms with van der Waals surface area (Å²) in [6.07, 6.45) is 1.87. The molecular weight excluding hydrogens is 266 g/mol. The van der Waals surface area contributed by atoms with Crippen LogP contribution in [-0.4, -0.2) is 38.3 Å². The number of sulfone groups is 1.